The Labute approximate surface area is 311 Å². The van der Waals surface area contributed by atoms with Crippen molar-refractivity contribution in [1.29, 1.82) is 0 Å². The minimum atomic E-state index is -3.86. The van der Waals surface area contributed by atoms with Gasteiger partial charge >= 0.3 is 12.1 Å². The molecule has 4 bridgehead atoms. The third kappa shape index (κ3) is 7.42. The molecule has 0 aromatic heterocycles. The Morgan fingerprint density at radius 2 is 1.85 bits per heavy atom. The molecule has 3 saturated carbocycles. The molecule has 1 saturated heterocycles. The summed E-state index contributed by atoms with van der Waals surface area (Å²) in [6, 6.07) is 4.91. The quantitative estimate of drug-likeness (QED) is 0.298. The number of rotatable bonds is 7. The summed E-state index contributed by atoms with van der Waals surface area (Å²) in [5.41, 5.74) is 0.462. The van der Waals surface area contributed by atoms with Crippen LogP contribution in [0.3, 0.4) is 0 Å². The number of amides is 3. The third-order valence-corrected chi connectivity index (χ3v) is 14.2. The first-order chi connectivity index (χ1) is 24.9. The van der Waals surface area contributed by atoms with Crippen LogP contribution in [-0.2, 0) is 51.8 Å². The third-order valence-electron chi connectivity index (χ3n) is 12.4. The largest absolute Gasteiger partial charge is 0.459 e. The minimum Gasteiger partial charge on any atom is -0.459 e. The number of ketones is 1. The maximum Gasteiger partial charge on any atom is 0.410 e. The van der Waals surface area contributed by atoms with Crippen molar-refractivity contribution in [3.8, 4) is 0 Å². The lowest BCUT2D eigenvalue weighted by Gasteiger charge is -2.35. The van der Waals surface area contributed by atoms with Gasteiger partial charge in [-0.2, -0.15) is 0 Å². The molecule has 1 aromatic carbocycles. The summed E-state index contributed by atoms with van der Waals surface area (Å²) >= 11 is 0. The van der Waals surface area contributed by atoms with Crippen LogP contribution in [0.4, 0.5) is 4.79 Å². The van der Waals surface area contributed by atoms with Gasteiger partial charge < -0.3 is 14.4 Å². The van der Waals surface area contributed by atoms with Crippen LogP contribution in [0.5, 0.6) is 0 Å². The molecule has 3 heterocycles. The Balaban J connectivity index is 1.17. The Morgan fingerprint density at radius 3 is 2.53 bits per heavy atom. The number of Topliss-reactive ketones (excluding diaryl/α,β-unsaturated/α-hetero) is 1. The van der Waals surface area contributed by atoms with Gasteiger partial charge in [-0.05, 0) is 73.5 Å². The Bertz CT molecular complexity index is 1880. The fraction of sp³-hybridized carbons (Fsp3) is 0.625. The van der Waals surface area contributed by atoms with Crippen molar-refractivity contribution in [2.75, 3.05) is 6.54 Å². The van der Waals surface area contributed by atoms with E-state index in [4.69, 9.17) is 9.47 Å². The number of esters is 1. The van der Waals surface area contributed by atoms with E-state index in [1.54, 1.807) is 11.0 Å². The number of carbonyl (C=O) groups excluding carboxylic acids is 5. The molecule has 0 radical (unpaired) electrons. The number of fused-ring (bicyclic) bond motifs is 4. The average Bonchev–Trinajstić information content (AvgIpc) is 4.04. The number of ether oxygens (including phenoxy) is 2. The van der Waals surface area contributed by atoms with Crippen molar-refractivity contribution >= 4 is 45.8 Å². The topological polar surface area (TPSA) is 156 Å². The number of benzene rings is 1. The van der Waals surface area contributed by atoms with Crippen molar-refractivity contribution in [3.05, 3.63) is 53.6 Å². The summed E-state index contributed by atoms with van der Waals surface area (Å²) in [4.78, 5) is 72.7. The van der Waals surface area contributed by atoms with Gasteiger partial charge in [-0.1, -0.05) is 57.2 Å². The van der Waals surface area contributed by atoms with Crippen molar-refractivity contribution in [1.82, 2.24) is 14.5 Å². The van der Waals surface area contributed by atoms with E-state index in [2.05, 4.69) is 23.5 Å². The summed E-state index contributed by atoms with van der Waals surface area (Å²) in [5, 5.41) is -0.619. The van der Waals surface area contributed by atoms with Gasteiger partial charge in [0.1, 0.15) is 11.7 Å². The predicted molar refractivity (Wildman–Crippen MR) is 195 cm³/mol. The molecule has 4 fully saturated rings. The van der Waals surface area contributed by atoms with Crippen LogP contribution in [0.15, 0.2) is 36.9 Å². The molecule has 13 heteroatoms. The van der Waals surface area contributed by atoms with Gasteiger partial charge in [-0.25, -0.2) is 13.2 Å². The van der Waals surface area contributed by atoms with E-state index in [-0.39, 0.29) is 38.1 Å². The molecule has 1 N–H and O–H groups in total. The highest BCUT2D eigenvalue weighted by molar-refractivity contribution is 7.90. The van der Waals surface area contributed by atoms with Gasteiger partial charge in [-0.15, -0.1) is 6.58 Å². The highest BCUT2D eigenvalue weighted by atomic mass is 32.2. The number of nitrogens with one attached hydrogen (secondary N) is 1. The SMILES string of the molecule is C=C[C@@H]1C[C@]1(CC(=O)[C@@H]1C[C@@H]2CN1C(=O)[C@H](C(C)(C)C)CC(=O)O[C@@]1(C)C[C@@H]1CC/C=C/c1cccc3c1CN(C3)C(=O)O2)C(=O)NS(=O)(=O)C1CC1. The zero-order chi connectivity index (χ0) is 38.1. The maximum atomic E-state index is 14.6. The summed E-state index contributed by atoms with van der Waals surface area (Å²) in [5.74, 6) is -3.18. The van der Waals surface area contributed by atoms with Gasteiger partial charge in [0.25, 0.3) is 0 Å². The molecule has 3 aliphatic heterocycles. The Kier molecular flexibility index (Phi) is 9.43. The highest BCUT2D eigenvalue weighted by Gasteiger charge is 2.62. The zero-order valence-corrected chi connectivity index (χ0v) is 31.9. The van der Waals surface area contributed by atoms with E-state index in [1.807, 2.05) is 45.9 Å². The first-order valence-electron chi connectivity index (χ1n) is 18.9. The first kappa shape index (κ1) is 37.3. The smallest absolute Gasteiger partial charge is 0.410 e. The molecule has 3 aliphatic carbocycles. The molecule has 286 valence electrons. The molecule has 7 rings (SSSR count). The van der Waals surface area contributed by atoms with E-state index in [1.165, 1.54) is 4.90 Å². The van der Waals surface area contributed by atoms with Crippen LogP contribution in [-0.4, -0.2) is 77.4 Å². The van der Waals surface area contributed by atoms with Gasteiger partial charge in [0, 0.05) is 25.3 Å². The number of sulfonamides is 1. The van der Waals surface area contributed by atoms with E-state index >= 15 is 0 Å². The zero-order valence-electron chi connectivity index (χ0n) is 31.1. The van der Waals surface area contributed by atoms with Gasteiger partial charge in [0.05, 0.1) is 42.1 Å². The van der Waals surface area contributed by atoms with Crippen LogP contribution in [0.25, 0.3) is 6.08 Å². The predicted octanol–water partition coefficient (Wildman–Crippen LogP) is 5.05. The number of nitrogens with zero attached hydrogens (tertiary/aromatic N) is 2. The minimum absolute atomic E-state index is 0.00295. The second kappa shape index (κ2) is 13.4. The molecule has 6 aliphatic rings. The molecule has 1 aromatic rings. The van der Waals surface area contributed by atoms with E-state index in [0.717, 1.165) is 36.0 Å². The fourth-order valence-corrected chi connectivity index (χ4v) is 9.98. The highest BCUT2D eigenvalue weighted by Crippen LogP contribution is 2.57. The van der Waals surface area contributed by atoms with Crippen LogP contribution in [0, 0.1) is 28.6 Å². The summed E-state index contributed by atoms with van der Waals surface area (Å²) in [7, 11) is -3.86. The van der Waals surface area contributed by atoms with Crippen LogP contribution >= 0.6 is 0 Å². The van der Waals surface area contributed by atoms with Gasteiger partial charge in [-0.3, -0.25) is 28.8 Å². The summed E-state index contributed by atoms with van der Waals surface area (Å²) < 4.78 is 39.7. The van der Waals surface area contributed by atoms with Gasteiger partial charge in [0.2, 0.25) is 21.8 Å². The van der Waals surface area contributed by atoms with Crippen molar-refractivity contribution in [2.45, 2.75) is 122 Å². The number of allylic oxidation sites excluding steroid dienone is 2. The van der Waals surface area contributed by atoms with Gasteiger partial charge in [0.15, 0.2) is 5.78 Å². The lowest BCUT2D eigenvalue weighted by Crippen LogP contribution is -2.48. The summed E-state index contributed by atoms with van der Waals surface area (Å²) in [6.45, 7) is 12.0. The molecule has 7 atom stereocenters. The first-order valence-corrected chi connectivity index (χ1v) is 20.5. The molecular formula is C40H51N3O9S. The second-order valence-corrected chi connectivity index (χ2v) is 19.4. The molecule has 3 amide bonds. The van der Waals surface area contributed by atoms with Crippen LogP contribution in [0.1, 0.15) is 102 Å². The van der Waals surface area contributed by atoms with Crippen molar-refractivity contribution < 1.29 is 41.9 Å². The Morgan fingerprint density at radius 1 is 1.09 bits per heavy atom. The Hall–Kier alpha value is -4.00. The number of hydrogen-bond acceptors (Lipinski definition) is 9. The lowest BCUT2D eigenvalue weighted by molar-refractivity contribution is -0.158. The average molecular weight is 750 g/mol. The molecule has 53 heavy (non-hydrogen) atoms. The van der Waals surface area contributed by atoms with E-state index in [0.29, 0.717) is 25.9 Å². The number of hydrogen-bond donors (Lipinski definition) is 1. The fourth-order valence-electron chi connectivity index (χ4n) is 8.59. The number of carbonyl (C=O) groups is 5. The van der Waals surface area contributed by atoms with Crippen LogP contribution < -0.4 is 4.72 Å². The lowest BCUT2D eigenvalue weighted by atomic mass is 9.77. The normalized spacial score (nSPS) is 33.7. The molecular weight excluding hydrogens is 699 g/mol. The monoisotopic (exact) mass is 749 g/mol. The standard InChI is InChI=1S/C40H51N3O9S/c1-6-26-19-40(26,36(47)41-53(49,50)29-14-15-29)20-33(44)32-16-28-22-43(32)35(46)31(38(2,3)4)17-34(45)52-39(5)18-27(39)13-8-7-10-24-11-9-12-25-21-42(23-30(24)25)37(48)51-28/h6-7,9-12,26-29,31-32H,1,8,13-23H2,2-5H3,(H,41,47)/b10-7+/t26-,27+,28-,31-,32+,39+,40-/m1/s1. The molecule has 0 spiro atoms. The van der Waals surface area contributed by atoms with E-state index < -0.39 is 85.3 Å². The maximum absolute atomic E-state index is 14.6. The molecule has 12 nitrogen and oxygen atoms in total. The molecule has 0 unspecified atom stereocenters. The van der Waals surface area contributed by atoms with Crippen molar-refractivity contribution in [2.24, 2.45) is 28.6 Å². The summed E-state index contributed by atoms with van der Waals surface area (Å²) in [6.07, 6.45) is 7.43. The second-order valence-electron chi connectivity index (χ2n) is 17.4. The van der Waals surface area contributed by atoms with E-state index in [9.17, 15) is 32.4 Å². The van der Waals surface area contributed by atoms with Crippen molar-refractivity contribution in [3.63, 3.8) is 0 Å². The van der Waals surface area contributed by atoms with Crippen LogP contribution in [0.2, 0.25) is 0 Å².